The summed E-state index contributed by atoms with van der Waals surface area (Å²) in [6.45, 7) is 16.7. The van der Waals surface area contributed by atoms with Crippen molar-refractivity contribution in [3.8, 4) is 39.7 Å². The van der Waals surface area contributed by atoms with Gasteiger partial charge in [0.2, 0.25) is 0 Å². The van der Waals surface area contributed by atoms with E-state index in [2.05, 4.69) is 31.8 Å². The van der Waals surface area contributed by atoms with E-state index in [4.69, 9.17) is 13.1 Å². The van der Waals surface area contributed by atoms with E-state index in [-0.39, 0.29) is 37.0 Å². The number of nitriles is 1. The van der Waals surface area contributed by atoms with Gasteiger partial charge < -0.3 is 4.98 Å². The number of hydrogen-bond donors (Lipinski definition) is 0. The molecule has 5 rings (SSSR count). The molecule has 0 spiro atoms. The van der Waals surface area contributed by atoms with Gasteiger partial charge in [-0.15, -0.1) is 48.0 Å². The number of aryl methyl sites for hydroxylation is 1. The molecule has 6 heteroatoms. The number of pyridine rings is 2. The Kier molecular flexibility index (Phi) is 9.76. The third-order valence-corrected chi connectivity index (χ3v) is 5.47. The second-order valence-corrected chi connectivity index (χ2v) is 7.87. The average molecular weight is 666 g/mol. The minimum Gasteiger partial charge on any atom is -0.305 e. The number of benzene rings is 3. The van der Waals surface area contributed by atoms with Crippen molar-refractivity contribution in [3.05, 3.63) is 143 Å². The summed E-state index contributed by atoms with van der Waals surface area (Å²) in [4.78, 5) is 15.5. The van der Waals surface area contributed by atoms with Crippen molar-refractivity contribution >= 4 is 11.4 Å². The summed E-state index contributed by atoms with van der Waals surface area (Å²) in [6, 6.07) is 34.9. The standard InChI is InChI=1S/C21H11N4.C11H8N.Ir/c1-14-13-25-19(11-17(14)16-7-5-4-6-8-16)18-9-15(12-22)10-20(23-2)21(18)24-3;1-2-6-10(7-3-1)11-8-4-5-9-12-11;/h4-8,10-11,13H,1H3;1-6,8-9H;/q2*-1;. The van der Waals surface area contributed by atoms with Crippen LogP contribution in [0.15, 0.2) is 97.3 Å². The predicted molar refractivity (Wildman–Crippen MR) is 144 cm³/mol. The first kappa shape index (κ1) is 27.7. The van der Waals surface area contributed by atoms with Crippen molar-refractivity contribution < 1.29 is 20.1 Å². The molecule has 0 unspecified atom stereocenters. The summed E-state index contributed by atoms with van der Waals surface area (Å²) in [5.74, 6) is 0. The monoisotopic (exact) mass is 666 g/mol. The molecule has 0 fully saturated rings. The van der Waals surface area contributed by atoms with Gasteiger partial charge in [-0.05, 0) is 41.4 Å². The molecule has 2 aromatic heterocycles. The Morgan fingerprint density at radius 1 is 0.868 bits per heavy atom. The van der Waals surface area contributed by atoms with Gasteiger partial charge in [-0.25, -0.2) is 5.26 Å². The number of nitrogens with zero attached hydrogens (tertiary/aromatic N) is 5. The van der Waals surface area contributed by atoms with Gasteiger partial charge in [0.25, 0.3) is 0 Å². The maximum absolute atomic E-state index is 9.19. The Morgan fingerprint density at radius 2 is 1.63 bits per heavy atom. The van der Waals surface area contributed by atoms with Crippen LogP contribution in [0.25, 0.3) is 43.3 Å². The zero-order valence-electron chi connectivity index (χ0n) is 20.3. The summed E-state index contributed by atoms with van der Waals surface area (Å²) in [5.41, 5.74) is 6.48. The van der Waals surface area contributed by atoms with Crippen LogP contribution in [0, 0.1) is 43.5 Å². The molecule has 5 nitrogen and oxygen atoms in total. The fourth-order valence-corrected chi connectivity index (χ4v) is 3.67. The normalized spacial score (nSPS) is 9.42. The molecular weight excluding hydrogens is 647 g/mol. The Labute approximate surface area is 236 Å². The molecule has 3 aromatic carbocycles. The Balaban J connectivity index is 0.000000258. The summed E-state index contributed by atoms with van der Waals surface area (Å²) < 4.78 is 0. The second-order valence-electron chi connectivity index (χ2n) is 7.87. The molecule has 0 aliphatic rings. The first-order valence-corrected chi connectivity index (χ1v) is 11.3. The summed E-state index contributed by atoms with van der Waals surface area (Å²) in [7, 11) is 0. The summed E-state index contributed by atoms with van der Waals surface area (Å²) in [6.07, 6.45) is 3.52. The molecule has 5 aromatic rings. The van der Waals surface area contributed by atoms with Crippen molar-refractivity contribution in [1.82, 2.24) is 9.97 Å². The number of hydrogen-bond acceptors (Lipinski definition) is 3. The van der Waals surface area contributed by atoms with Crippen LogP contribution in [0.4, 0.5) is 11.4 Å². The van der Waals surface area contributed by atoms with Crippen LogP contribution in [-0.4, -0.2) is 9.97 Å². The molecule has 1 radical (unpaired) electrons. The van der Waals surface area contributed by atoms with E-state index in [1.165, 1.54) is 6.07 Å². The zero-order valence-corrected chi connectivity index (χ0v) is 22.7. The maximum atomic E-state index is 9.19. The van der Waals surface area contributed by atoms with Gasteiger partial charge >= 0.3 is 0 Å². The van der Waals surface area contributed by atoms with Gasteiger partial charge in [-0.3, -0.25) is 14.7 Å². The van der Waals surface area contributed by atoms with Crippen LogP contribution in [0.5, 0.6) is 0 Å². The van der Waals surface area contributed by atoms with Crippen LogP contribution in [0.2, 0.25) is 0 Å². The maximum Gasteiger partial charge on any atom is 0.181 e. The van der Waals surface area contributed by atoms with Gasteiger partial charge in [0.15, 0.2) is 11.4 Å². The quantitative estimate of drug-likeness (QED) is 0.183. The van der Waals surface area contributed by atoms with Gasteiger partial charge in [0, 0.05) is 38.2 Å². The second kappa shape index (κ2) is 13.4. The van der Waals surface area contributed by atoms with Crippen molar-refractivity contribution in [1.29, 1.82) is 5.26 Å². The Bertz CT molecular complexity index is 1610. The van der Waals surface area contributed by atoms with Crippen LogP contribution in [-0.2, 0) is 20.1 Å². The Morgan fingerprint density at radius 3 is 2.26 bits per heavy atom. The molecule has 0 aliphatic heterocycles. The molecule has 0 saturated carbocycles. The van der Waals surface area contributed by atoms with E-state index < -0.39 is 0 Å². The zero-order chi connectivity index (χ0) is 26.0. The van der Waals surface area contributed by atoms with Crippen molar-refractivity contribution in [2.24, 2.45) is 0 Å². The van der Waals surface area contributed by atoms with Crippen LogP contribution in [0.1, 0.15) is 11.1 Å². The first-order valence-electron chi connectivity index (χ1n) is 11.3. The van der Waals surface area contributed by atoms with E-state index in [1.54, 1.807) is 12.4 Å². The molecule has 0 bridgehead atoms. The minimum absolute atomic E-state index is 0. The molecule has 38 heavy (non-hydrogen) atoms. The van der Waals surface area contributed by atoms with E-state index >= 15 is 0 Å². The fraction of sp³-hybridized carbons (Fsp3) is 0.0312. The number of aromatic nitrogens is 2. The first-order chi connectivity index (χ1) is 18.1. The van der Waals surface area contributed by atoms with Crippen LogP contribution in [0.3, 0.4) is 0 Å². The molecule has 183 valence electrons. The van der Waals surface area contributed by atoms with E-state index in [0.717, 1.165) is 27.9 Å². The molecule has 0 atom stereocenters. The van der Waals surface area contributed by atoms with E-state index in [1.807, 2.05) is 91.9 Å². The Hall–Kier alpha value is -4.92. The topological polar surface area (TPSA) is 58.3 Å². The predicted octanol–water partition coefficient (Wildman–Crippen LogP) is 8.04. The van der Waals surface area contributed by atoms with Gasteiger partial charge in [0.1, 0.15) is 0 Å². The van der Waals surface area contributed by atoms with Gasteiger partial charge in [0.05, 0.1) is 13.1 Å². The van der Waals surface area contributed by atoms with Crippen molar-refractivity contribution in [2.75, 3.05) is 0 Å². The molecule has 0 saturated heterocycles. The van der Waals surface area contributed by atoms with Gasteiger partial charge in [-0.2, -0.15) is 0 Å². The third kappa shape index (κ3) is 6.44. The molecule has 0 amide bonds. The average Bonchev–Trinajstić information content (AvgIpc) is 2.98. The largest absolute Gasteiger partial charge is 0.305 e. The third-order valence-electron chi connectivity index (χ3n) is 5.47. The summed E-state index contributed by atoms with van der Waals surface area (Å²) in [5, 5.41) is 9.19. The smallest absolute Gasteiger partial charge is 0.181 e. The van der Waals surface area contributed by atoms with Gasteiger partial charge in [-0.1, -0.05) is 59.7 Å². The molecule has 0 aliphatic carbocycles. The fourth-order valence-electron chi connectivity index (χ4n) is 3.67. The van der Waals surface area contributed by atoms with Crippen molar-refractivity contribution in [2.45, 2.75) is 6.92 Å². The number of rotatable bonds is 3. The molecule has 0 N–H and O–H groups in total. The van der Waals surface area contributed by atoms with Crippen LogP contribution >= 0.6 is 0 Å². The van der Waals surface area contributed by atoms with Crippen molar-refractivity contribution in [3.63, 3.8) is 0 Å². The van der Waals surface area contributed by atoms with Crippen LogP contribution < -0.4 is 0 Å². The molecular formula is C32H19IrN5-2. The SMILES string of the molecule is [C-]#[N+]c1cc(C#N)[c-]c(-c2cc(-c3ccccc3)c(C)cn2)c1[N+]#[C-].[Ir].[c-]1ccccc1-c1ccccn1. The van der Waals surface area contributed by atoms with E-state index in [9.17, 15) is 5.26 Å². The summed E-state index contributed by atoms with van der Waals surface area (Å²) >= 11 is 0. The molecule has 2 heterocycles. The minimum atomic E-state index is 0. The van der Waals surface area contributed by atoms with E-state index in [0.29, 0.717) is 11.3 Å².